The van der Waals surface area contributed by atoms with Crippen molar-refractivity contribution in [2.45, 2.75) is 266 Å². The number of amides is 16. The van der Waals surface area contributed by atoms with Gasteiger partial charge in [0.2, 0.25) is 94.5 Å². The maximum Gasteiger partial charge on any atom is 0.326 e. The summed E-state index contributed by atoms with van der Waals surface area (Å²) in [5, 5.41) is 69.9. The number of aliphatic carboxylic acids is 1. The molecule has 0 saturated carbocycles. The van der Waals surface area contributed by atoms with E-state index in [1.54, 1.807) is 83.1 Å². The number of nitrogens with one attached hydrogen (secondary N) is 16. The summed E-state index contributed by atoms with van der Waals surface area (Å²) < 4.78 is 0. The highest BCUT2D eigenvalue weighted by Crippen LogP contribution is 2.15. The summed E-state index contributed by atoms with van der Waals surface area (Å²) in [6.45, 7) is 24.7. The fourth-order valence-corrected chi connectivity index (χ4v) is 11.1. The standard InChI is InChI=1S/C72H131N19O20S/c1-18-40(14)57(72(110)111)90-71(109)58(43(17)93)91-65(103)46(27-34(2)3)82-60(98)42(16)80-66(104)48(32-92)84-63(101)45(24-20-22-26-74)81-51(95)30-78-67(105)53(36(6)7)86-52(96)31-76-62(100)49(33-112)85-59(97)41(15)79-50(94)29-77-68(106)54(37(8)9)88-70(108)56(39(12)13)89-69(107)55(38(10)11)87-64(102)47(28-35(4)5)83-61(99)44(75)23-19-21-25-73/h34-49,53-58,92-93,112H,18-33,73-75H2,1-17H3,(H,76,100)(H,77,106)(H,78,105)(H,79,94)(H,80,104)(H,81,95)(H,82,98)(H,83,99)(H,84,101)(H,85,97)(H,86,96)(H,87,102)(H,88,108)(H,89,107)(H,90,109)(H,91,103)(H,110,111)/t40-,41-,42-,43+,44-,45-,46-,47-,48-,49-,53-,54-,55-,56-,57-,58-/m0/s1. The van der Waals surface area contributed by atoms with Crippen LogP contribution in [0, 0.1) is 41.4 Å². The molecule has 0 rings (SSSR count). The average Bonchev–Trinajstić information content (AvgIpc) is 0.847. The SMILES string of the molecule is CC[C@H](C)[C@H](NC(=O)[C@@H](NC(=O)[C@H](CC(C)C)NC(=O)[C@H](C)NC(=O)[C@H](CO)NC(=O)[C@H](CCCCN)NC(=O)CNC(=O)[C@@H](NC(=O)CNC(=O)[C@H](CS)NC(=O)[C@H](C)NC(=O)CNC(=O)[C@@H](NC(=O)[C@@H](NC(=O)[C@@H](NC(=O)[C@H](CC(C)C)NC(=O)[C@@H](N)CCCCN)C(C)C)C(C)C)C(C)C)C(C)C)[C@@H](C)O)C(=O)O. The summed E-state index contributed by atoms with van der Waals surface area (Å²) in [5.74, 6) is -18.3. The number of rotatable bonds is 54. The Morgan fingerprint density at radius 3 is 1.10 bits per heavy atom. The first kappa shape index (κ1) is 103. The van der Waals surface area contributed by atoms with Crippen molar-refractivity contribution in [3.8, 4) is 0 Å². The first-order chi connectivity index (χ1) is 52.2. The Labute approximate surface area is 662 Å². The number of hydrogen-bond acceptors (Lipinski definition) is 23. The molecule has 0 aromatic heterocycles. The van der Waals surface area contributed by atoms with E-state index in [1.165, 1.54) is 20.8 Å². The van der Waals surface area contributed by atoms with E-state index in [1.807, 2.05) is 13.8 Å². The Hall–Kier alpha value is -8.86. The van der Waals surface area contributed by atoms with Gasteiger partial charge in [0.1, 0.15) is 78.5 Å². The third-order valence-electron chi connectivity index (χ3n) is 17.9. The molecule has 0 saturated heterocycles. The summed E-state index contributed by atoms with van der Waals surface area (Å²) >= 11 is 4.15. The van der Waals surface area contributed by atoms with Crippen LogP contribution in [0.25, 0.3) is 0 Å². The molecule has 0 radical (unpaired) electrons. The Kier molecular flexibility index (Phi) is 49.0. The molecule has 0 spiro atoms. The van der Waals surface area contributed by atoms with Crippen LogP contribution in [-0.2, 0) is 81.5 Å². The molecule has 0 aromatic rings. The van der Waals surface area contributed by atoms with Crippen LogP contribution < -0.4 is 102 Å². The number of unbranched alkanes of at least 4 members (excludes halogenated alkanes) is 2. The fourth-order valence-electron chi connectivity index (χ4n) is 10.9. The second-order valence-corrected chi connectivity index (χ2v) is 30.6. The van der Waals surface area contributed by atoms with E-state index in [4.69, 9.17) is 17.2 Å². The number of aliphatic hydroxyl groups is 2. The maximum absolute atomic E-state index is 13.9. The van der Waals surface area contributed by atoms with Crippen LogP contribution in [0.1, 0.15) is 175 Å². The zero-order valence-corrected chi connectivity index (χ0v) is 68.9. The van der Waals surface area contributed by atoms with Gasteiger partial charge in [0, 0.05) is 5.75 Å². The van der Waals surface area contributed by atoms with Gasteiger partial charge < -0.3 is 118 Å². The molecule has 0 aliphatic carbocycles. The zero-order chi connectivity index (χ0) is 86.1. The third-order valence-corrected chi connectivity index (χ3v) is 18.2. The van der Waals surface area contributed by atoms with Gasteiger partial charge in [-0.3, -0.25) is 76.7 Å². The van der Waals surface area contributed by atoms with Crippen molar-refractivity contribution in [2.75, 3.05) is 45.1 Å². The lowest BCUT2D eigenvalue weighted by molar-refractivity contribution is -0.144. The van der Waals surface area contributed by atoms with Crippen molar-refractivity contribution < 1.29 is 96.8 Å². The van der Waals surface area contributed by atoms with Crippen molar-refractivity contribution in [1.82, 2.24) is 85.1 Å². The minimum atomic E-state index is -1.71. The minimum Gasteiger partial charge on any atom is -0.480 e. The summed E-state index contributed by atoms with van der Waals surface area (Å²) in [7, 11) is 0. The average molecular weight is 1620 g/mol. The molecule has 40 heteroatoms. The third kappa shape index (κ3) is 38.6. The largest absolute Gasteiger partial charge is 0.480 e. The first-order valence-electron chi connectivity index (χ1n) is 38.3. The number of carbonyl (C=O) groups excluding carboxylic acids is 16. The van der Waals surface area contributed by atoms with Crippen LogP contribution in [-0.4, -0.2) is 252 Å². The highest BCUT2D eigenvalue weighted by molar-refractivity contribution is 7.80. The van der Waals surface area contributed by atoms with E-state index < -0.39 is 247 Å². The van der Waals surface area contributed by atoms with Gasteiger partial charge in [0.05, 0.1) is 38.4 Å². The highest BCUT2D eigenvalue weighted by Gasteiger charge is 2.39. The normalized spacial score (nSPS) is 15.7. The Morgan fingerprint density at radius 2 is 0.688 bits per heavy atom. The number of aliphatic hydroxyl groups excluding tert-OH is 2. The van der Waals surface area contributed by atoms with Gasteiger partial charge in [-0.05, 0) is 120 Å². The van der Waals surface area contributed by atoms with Crippen LogP contribution in [0.15, 0.2) is 0 Å². The maximum atomic E-state index is 13.9. The number of carbonyl (C=O) groups is 17. The molecule has 0 fully saturated rings. The van der Waals surface area contributed by atoms with Gasteiger partial charge in [-0.15, -0.1) is 0 Å². The smallest absolute Gasteiger partial charge is 0.326 e. The van der Waals surface area contributed by atoms with Crippen LogP contribution in [0.4, 0.5) is 0 Å². The fraction of sp³-hybridized carbons (Fsp3) is 0.764. The van der Waals surface area contributed by atoms with E-state index in [-0.39, 0.29) is 49.8 Å². The minimum absolute atomic E-state index is 0.00484. The molecule has 0 aliphatic heterocycles. The van der Waals surface area contributed by atoms with Crippen molar-refractivity contribution in [2.24, 2.45) is 58.6 Å². The summed E-state index contributed by atoms with van der Waals surface area (Å²) in [4.78, 5) is 227. The number of nitrogens with two attached hydrogens (primary N) is 3. The van der Waals surface area contributed by atoms with Crippen molar-refractivity contribution in [1.29, 1.82) is 0 Å². The van der Waals surface area contributed by atoms with E-state index in [0.717, 1.165) is 0 Å². The molecule has 39 nitrogen and oxygen atoms in total. The first-order valence-corrected chi connectivity index (χ1v) is 38.9. The lowest BCUT2D eigenvalue weighted by Crippen LogP contribution is -2.61. The van der Waals surface area contributed by atoms with E-state index >= 15 is 0 Å². The molecule has 25 N–H and O–H groups in total. The molecule has 16 amide bonds. The van der Waals surface area contributed by atoms with Gasteiger partial charge in [-0.2, -0.15) is 12.6 Å². The highest BCUT2D eigenvalue weighted by atomic mass is 32.1. The van der Waals surface area contributed by atoms with Gasteiger partial charge >= 0.3 is 5.97 Å². The summed E-state index contributed by atoms with van der Waals surface area (Å²) in [6, 6.07) is -18.4. The monoisotopic (exact) mass is 1610 g/mol. The molecule has 640 valence electrons. The Morgan fingerprint density at radius 1 is 0.348 bits per heavy atom. The Balaban J connectivity index is 5.80. The van der Waals surface area contributed by atoms with E-state index in [2.05, 4.69) is 97.7 Å². The molecule has 0 aliphatic rings. The predicted octanol–water partition coefficient (Wildman–Crippen LogP) is -5.59. The van der Waals surface area contributed by atoms with Crippen LogP contribution in [0.2, 0.25) is 0 Å². The van der Waals surface area contributed by atoms with Crippen molar-refractivity contribution in [3.05, 3.63) is 0 Å². The summed E-state index contributed by atoms with van der Waals surface area (Å²) in [6.07, 6.45) is 1.34. The second-order valence-electron chi connectivity index (χ2n) is 30.3. The molecular weight excluding hydrogens is 1480 g/mol. The lowest BCUT2D eigenvalue weighted by atomic mass is 9.97. The van der Waals surface area contributed by atoms with Crippen molar-refractivity contribution >= 4 is 113 Å². The molecule has 0 aromatic carbocycles. The van der Waals surface area contributed by atoms with E-state index in [0.29, 0.717) is 38.6 Å². The number of thiol groups is 1. The molecule has 16 atom stereocenters. The summed E-state index contributed by atoms with van der Waals surface area (Å²) in [5.41, 5.74) is 17.3. The van der Waals surface area contributed by atoms with Gasteiger partial charge in [-0.25, -0.2) is 4.79 Å². The molecule has 0 bridgehead atoms. The zero-order valence-electron chi connectivity index (χ0n) is 68.0. The van der Waals surface area contributed by atoms with Gasteiger partial charge in [-0.1, -0.05) is 110 Å². The van der Waals surface area contributed by atoms with Crippen LogP contribution in [0.3, 0.4) is 0 Å². The quantitative estimate of drug-likeness (QED) is 0.0199. The predicted molar refractivity (Wildman–Crippen MR) is 417 cm³/mol. The second kappa shape index (κ2) is 53.2. The molecule has 0 heterocycles. The Bertz CT molecular complexity index is 3130. The number of hydrogen-bond donors (Lipinski definition) is 23. The molecule has 0 unspecified atom stereocenters. The molecule has 112 heavy (non-hydrogen) atoms. The number of carboxylic acid groups (broad SMARTS) is 1. The lowest BCUT2D eigenvalue weighted by Gasteiger charge is -2.30. The molecular formula is C72H131N19O20S. The van der Waals surface area contributed by atoms with E-state index in [9.17, 15) is 96.8 Å². The van der Waals surface area contributed by atoms with Gasteiger partial charge in [0.25, 0.3) is 0 Å². The van der Waals surface area contributed by atoms with Crippen molar-refractivity contribution in [3.63, 3.8) is 0 Å². The number of carboxylic acids is 1. The van der Waals surface area contributed by atoms with Crippen LogP contribution >= 0.6 is 12.6 Å². The van der Waals surface area contributed by atoms with Crippen LogP contribution in [0.5, 0.6) is 0 Å². The van der Waals surface area contributed by atoms with Gasteiger partial charge in [0.15, 0.2) is 0 Å². The topological polar surface area (TPSA) is 621 Å².